The van der Waals surface area contributed by atoms with Crippen LogP contribution in [0.1, 0.15) is 31.8 Å². The predicted molar refractivity (Wildman–Crippen MR) is 90.6 cm³/mol. The second kappa shape index (κ2) is 5.53. The van der Waals surface area contributed by atoms with Crippen LogP contribution >= 0.6 is 0 Å². The smallest absolute Gasteiger partial charge is 0.302 e. The van der Waals surface area contributed by atoms with Crippen LogP contribution < -0.4 is 0 Å². The molecule has 27 heavy (non-hydrogen) atoms. The number of phenolic OH excluding ortho intramolecular Hbond substituents is 2. The maximum atomic E-state index is 13.0. The number of ketones is 2. The number of fused-ring (bicyclic) bond motifs is 2. The van der Waals surface area contributed by atoms with E-state index in [1.54, 1.807) is 0 Å². The lowest BCUT2D eigenvalue weighted by atomic mass is 9.80. The van der Waals surface area contributed by atoms with Crippen molar-refractivity contribution >= 4 is 21.7 Å². The predicted octanol–water partition coefficient (Wildman–Crippen LogP) is 2.38. The van der Waals surface area contributed by atoms with E-state index in [1.165, 1.54) is 42.7 Å². The molecule has 0 fully saturated rings. The number of phenols is 2. The van der Waals surface area contributed by atoms with Gasteiger partial charge in [-0.25, -0.2) is 0 Å². The molecule has 1 aliphatic carbocycles. The number of benzene rings is 2. The third-order valence-corrected chi connectivity index (χ3v) is 5.20. The SMILES string of the molecule is O=C1c2ccccc2C(=O)c2c1c(O)c(S(=O)(=O)O)c(O)c2-c1ccco1. The molecule has 4 rings (SSSR count). The molecule has 9 heteroatoms. The maximum Gasteiger partial charge on any atom is 0.302 e. The highest BCUT2D eigenvalue weighted by Crippen LogP contribution is 2.48. The summed E-state index contributed by atoms with van der Waals surface area (Å²) in [4.78, 5) is 24.6. The van der Waals surface area contributed by atoms with Gasteiger partial charge in [0.25, 0.3) is 0 Å². The van der Waals surface area contributed by atoms with Crippen molar-refractivity contribution in [2.45, 2.75) is 4.90 Å². The van der Waals surface area contributed by atoms with E-state index in [0.29, 0.717) is 0 Å². The zero-order valence-corrected chi connectivity index (χ0v) is 14.1. The number of hydrogen-bond acceptors (Lipinski definition) is 7. The third kappa shape index (κ3) is 2.29. The minimum atomic E-state index is -5.13. The molecule has 1 aromatic heterocycles. The van der Waals surface area contributed by atoms with Gasteiger partial charge in [-0.15, -0.1) is 0 Å². The van der Waals surface area contributed by atoms with Gasteiger partial charge in [-0.1, -0.05) is 24.3 Å². The molecule has 0 radical (unpaired) electrons. The number of aromatic hydroxyl groups is 2. The summed E-state index contributed by atoms with van der Waals surface area (Å²) in [5.41, 5.74) is -1.45. The molecule has 0 atom stereocenters. The first kappa shape index (κ1) is 17.0. The van der Waals surface area contributed by atoms with Gasteiger partial charge in [-0.3, -0.25) is 14.1 Å². The summed E-state index contributed by atoms with van der Waals surface area (Å²) in [7, 11) is -5.13. The van der Waals surface area contributed by atoms with E-state index < -0.39 is 54.8 Å². The Hall–Kier alpha value is -3.43. The monoisotopic (exact) mass is 386 g/mol. The summed E-state index contributed by atoms with van der Waals surface area (Å²) in [6, 6.07) is 8.54. The van der Waals surface area contributed by atoms with Crippen LogP contribution in [-0.2, 0) is 10.1 Å². The molecule has 1 heterocycles. The summed E-state index contributed by atoms with van der Waals surface area (Å²) in [5.74, 6) is -3.94. The summed E-state index contributed by atoms with van der Waals surface area (Å²) < 4.78 is 38.1. The number of carbonyl (C=O) groups excluding carboxylic acids is 2. The van der Waals surface area contributed by atoms with Gasteiger partial charge < -0.3 is 14.6 Å². The van der Waals surface area contributed by atoms with Crippen molar-refractivity contribution in [3.63, 3.8) is 0 Å². The summed E-state index contributed by atoms with van der Waals surface area (Å²) in [6.07, 6.45) is 1.21. The summed E-state index contributed by atoms with van der Waals surface area (Å²) in [5, 5.41) is 20.8. The first-order chi connectivity index (χ1) is 12.7. The number of carbonyl (C=O) groups is 2. The van der Waals surface area contributed by atoms with Crippen LogP contribution in [0.25, 0.3) is 11.3 Å². The van der Waals surface area contributed by atoms with E-state index in [4.69, 9.17) is 4.42 Å². The lowest BCUT2D eigenvalue weighted by Crippen LogP contribution is -2.23. The van der Waals surface area contributed by atoms with E-state index in [-0.39, 0.29) is 16.9 Å². The van der Waals surface area contributed by atoms with E-state index in [2.05, 4.69) is 0 Å². The lowest BCUT2D eigenvalue weighted by Gasteiger charge is -2.22. The summed E-state index contributed by atoms with van der Waals surface area (Å²) in [6.45, 7) is 0. The fourth-order valence-corrected chi connectivity index (χ4v) is 3.90. The molecule has 3 aromatic rings. The Balaban J connectivity index is 2.23. The van der Waals surface area contributed by atoms with Gasteiger partial charge in [0, 0.05) is 11.1 Å². The standard InChI is InChI=1S/C18H10O8S/c19-14-8-4-1-2-5-9(8)15(20)13-12(14)11(10-6-3-7-26-10)16(21)18(17(13)22)27(23,24)25/h1-7,21-22H,(H,23,24,25). The Kier molecular flexibility index (Phi) is 3.48. The Morgan fingerprint density at radius 3 is 1.85 bits per heavy atom. The van der Waals surface area contributed by atoms with Crippen LogP contribution in [-0.4, -0.2) is 34.8 Å². The Bertz CT molecular complexity index is 1240. The van der Waals surface area contributed by atoms with Crippen molar-refractivity contribution in [3.05, 3.63) is 64.9 Å². The highest BCUT2D eigenvalue weighted by atomic mass is 32.2. The first-order valence-corrected chi connectivity index (χ1v) is 8.99. The number of furan rings is 1. The number of hydrogen-bond donors (Lipinski definition) is 3. The fourth-order valence-electron chi connectivity index (χ4n) is 3.20. The number of rotatable bonds is 2. The molecular formula is C18H10O8S. The van der Waals surface area contributed by atoms with Crippen LogP contribution in [0.2, 0.25) is 0 Å². The van der Waals surface area contributed by atoms with Crippen LogP contribution in [0.5, 0.6) is 11.5 Å². The van der Waals surface area contributed by atoms with Crippen LogP contribution in [0.3, 0.4) is 0 Å². The van der Waals surface area contributed by atoms with Crippen molar-refractivity contribution in [2.24, 2.45) is 0 Å². The molecule has 0 bridgehead atoms. The van der Waals surface area contributed by atoms with Gasteiger partial charge in [0.15, 0.2) is 28.0 Å². The van der Waals surface area contributed by atoms with Gasteiger partial charge in [-0.05, 0) is 12.1 Å². The molecule has 0 amide bonds. The van der Waals surface area contributed by atoms with E-state index in [1.807, 2.05) is 0 Å². The summed E-state index contributed by atoms with van der Waals surface area (Å²) >= 11 is 0. The molecule has 2 aromatic carbocycles. The third-order valence-electron chi connectivity index (χ3n) is 4.30. The molecular weight excluding hydrogens is 376 g/mol. The highest BCUT2D eigenvalue weighted by molar-refractivity contribution is 7.86. The highest BCUT2D eigenvalue weighted by Gasteiger charge is 2.41. The molecule has 1 aliphatic rings. The van der Waals surface area contributed by atoms with Crippen molar-refractivity contribution in [1.82, 2.24) is 0 Å². The van der Waals surface area contributed by atoms with Crippen LogP contribution in [0, 0.1) is 0 Å². The molecule has 0 aliphatic heterocycles. The molecule has 0 spiro atoms. The van der Waals surface area contributed by atoms with Crippen molar-refractivity contribution in [2.75, 3.05) is 0 Å². The molecule has 0 saturated carbocycles. The Morgan fingerprint density at radius 1 is 0.778 bits per heavy atom. The Morgan fingerprint density at radius 2 is 1.33 bits per heavy atom. The van der Waals surface area contributed by atoms with Crippen LogP contribution in [0.15, 0.2) is 52.0 Å². The van der Waals surface area contributed by atoms with E-state index in [9.17, 15) is 32.8 Å². The molecule has 136 valence electrons. The lowest BCUT2D eigenvalue weighted by molar-refractivity contribution is 0.0976. The van der Waals surface area contributed by atoms with Gasteiger partial charge in [0.1, 0.15) is 5.76 Å². The molecule has 3 N–H and O–H groups in total. The average Bonchev–Trinajstić information content (AvgIpc) is 3.12. The largest absolute Gasteiger partial charge is 0.506 e. The minimum absolute atomic E-state index is 0.0289. The second-order valence-electron chi connectivity index (χ2n) is 5.81. The zero-order valence-electron chi connectivity index (χ0n) is 13.3. The maximum absolute atomic E-state index is 13.0. The molecule has 0 saturated heterocycles. The van der Waals surface area contributed by atoms with Crippen LogP contribution in [0.4, 0.5) is 0 Å². The van der Waals surface area contributed by atoms with Gasteiger partial charge in [0.05, 0.1) is 23.0 Å². The quantitative estimate of drug-likeness (QED) is 0.446. The van der Waals surface area contributed by atoms with Crippen molar-refractivity contribution < 1.29 is 37.2 Å². The first-order valence-electron chi connectivity index (χ1n) is 7.55. The fraction of sp³-hybridized carbons (Fsp3) is 0. The van der Waals surface area contributed by atoms with Crippen molar-refractivity contribution in [1.29, 1.82) is 0 Å². The van der Waals surface area contributed by atoms with Gasteiger partial charge >= 0.3 is 10.1 Å². The molecule has 0 unspecified atom stereocenters. The molecule has 8 nitrogen and oxygen atoms in total. The second-order valence-corrected chi connectivity index (χ2v) is 7.17. The van der Waals surface area contributed by atoms with E-state index >= 15 is 0 Å². The van der Waals surface area contributed by atoms with Crippen molar-refractivity contribution in [3.8, 4) is 22.8 Å². The van der Waals surface area contributed by atoms with Gasteiger partial charge in [-0.2, -0.15) is 8.42 Å². The minimum Gasteiger partial charge on any atom is -0.506 e. The average molecular weight is 386 g/mol. The van der Waals surface area contributed by atoms with Gasteiger partial charge in [0.2, 0.25) is 0 Å². The topological polar surface area (TPSA) is 142 Å². The van der Waals surface area contributed by atoms with E-state index in [0.717, 1.165) is 0 Å². The Labute approximate surface area is 152 Å². The zero-order chi connectivity index (χ0) is 19.5. The normalized spacial score (nSPS) is 13.4.